The molecule has 0 radical (unpaired) electrons. The van der Waals surface area contributed by atoms with Crippen molar-refractivity contribution in [1.29, 1.82) is 0 Å². The van der Waals surface area contributed by atoms with Crippen LogP contribution in [-0.4, -0.2) is 18.0 Å². The van der Waals surface area contributed by atoms with Gasteiger partial charge in [0.05, 0.1) is 7.11 Å². The molecule has 1 heterocycles. The Hall–Kier alpha value is -0.990. The quantitative estimate of drug-likeness (QED) is 0.860. The number of ether oxygens (including phenoxy) is 1. The Kier molecular flexibility index (Phi) is 3.77. The molecule has 0 spiro atoms. The first-order valence-corrected chi connectivity index (χ1v) is 4.87. The lowest BCUT2D eigenvalue weighted by Crippen LogP contribution is -2.16. The highest BCUT2D eigenvalue weighted by atomic mass is 127. The maximum atomic E-state index is 12.5. The van der Waals surface area contributed by atoms with Crippen LogP contribution in [0, 0.1) is 3.57 Å². The standard InChI is InChI=1S/C8H7F2IN2O2/c1-15-4-2-3(11)5(8(12)14)13-6(4)7(9)10/h2,7H,1H3,(H2,12,14). The lowest BCUT2D eigenvalue weighted by molar-refractivity contribution is 0.0992. The zero-order chi connectivity index (χ0) is 11.6. The Morgan fingerprint density at radius 1 is 1.67 bits per heavy atom. The topological polar surface area (TPSA) is 65.2 Å². The molecule has 0 saturated carbocycles. The second kappa shape index (κ2) is 4.69. The van der Waals surface area contributed by atoms with Gasteiger partial charge in [-0.25, -0.2) is 13.8 Å². The van der Waals surface area contributed by atoms with E-state index in [0.29, 0.717) is 3.57 Å². The summed E-state index contributed by atoms with van der Waals surface area (Å²) >= 11 is 1.78. The van der Waals surface area contributed by atoms with Crippen LogP contribution < -0.4 is 10.5 Å². The first-order valence-electron chi connectivity index (χ1n) is 3.79. The maximum Gasteiger partial charge on any atom is 0.284 e. The minimum Gasteiger partial charge on any atom is -0.495 e. The molecule has 0 aliphatic carbocycles. The molecular weight excluding hydrogens is 321 g/mol. The van der Waals surface area contributed by atoms with E-state index < -0.39 is 18.0 Å². The van der Waals surface area contributed by atoms with E-state index in [2.05, 4.69) is 4.98 Å². The van der Waals surface area contributed by atoms with E-state index in [1.165, 1.54) is 13.2 Å². The smallest absolute Gasteiger partial charge is 0.284 e. The van der Waals surface area contributed by atoms with Crippen LogP contribution in [0.25, 0.3) is 0 Å². The van der Waals surface area contributed by atoms with E-state index in [4.69, 9.17) is 10.5 Å². The molecule has 0 aliphatic heterocycles. The van der Waals surface area contributed by atoms with Gasteiger partial charge in [0.2, 0.25) is 0 Å². The van der Waals surface area contributed by atoms with E-state index >= 15 is 0 Å². The number of methoxy groups -OCH3 is 1. The zero-order valence-corrected chi connectivity index (χ0v) is 9.79. The molecule has 7 heteroatoms. The molecule has 0 aliphatic rings. The molecule has 1 rings (SSSR count). The second-order valence-corrected chi connectivity index (χ2v) is 3.73. The molecule has 1 aromatic rings. The number of nitrogens with two attached hydrogens (primary N) is 1. The normalized spacial score (nSPS) is 10.5. The third-order valence-electron chi connectivity index (χ3n) is 1.63. The van der Waals surface area contributed by atoms with E-state index in [9.17, 15) is 13.6 Å². The molecule has 0 bridgehead atoms. The average molecular weight is 328 g/mol. The lowest BCUT2D eigenvalue weighted by Gasteiger charge is -2.09. The van der Waals surface area contributed by atoms with E-state index in [0.717, 1.165) is 0 Å². The van der Waals surface area contributed by atoms with Crippen molar-refractivity contribution in [2.24, 2.45) is 5.73 Å². The van der Waals surface area contributed by atoms with Gasteiger partial charge in [-0.05, 0) is 28.7 Å². The van der Waals surface area contributed by atoms with E-state index in [1.54, 1.807) is 22.6 Å². The molecule has 0 fully saturated rings. The molecule has 0 saturated heterocycles. The Bertz CT molecular complexity index is 398. The second-order valence-electron chi connectivity index (χ2n) is 2.57. The summed E-state index contributed by atoms with van der Waals surface area (Å²) in [7, 11) is 1.25. The molecular formula is C8H7F2IN2O2. The van der Waals surface area contributed by atoms with Gasteiger partial charge in [-0.1, -0.05) is 0 Å². The van der Waals surface area contributed by atoms with Crippen LogP contribution in [0.4, 0.5) is 8.78 Å². The van der Waals surface area contributed by atoms with Gasteiger partial charge >= 0.3 is 0 Å². The molecule has 0 aromatic carbocycles. The van der Waals surface area contributed by atoms with Crippen molar-refractivity contribution in [1.82, 2.24) is 4.98 Å². The van der Waals surface area contributed by atoms with Gasteiger partial charge in [0.1, 0.15) is 17.1 Å². The number of hydrogen-bond donors (Lipinski definition) is 1. The van der Waals surface area contributed by atoms with Crippen molar-refractivity contribution in [2.45, 2.75) is 6.43 Å². The monoisotopic (exact) mass is 328 g/mol. The van der Waals surface area contributed by atoms with Gasteiger partial charge in [0.15, 0.2) is 0 Å². The highest BCUT2D eigenvalue weighted by Crippen LogP contribution is 2.29. The van der Waals surface area contributed by atoms with Crippen LogP contribution in [0.5, 0.6) is 5.75 Å². The fraction of sp³-hybridized carbons (Fsp3) is 0.250. The average Bonchev–Trinajstić information content (AvgIpc) is 2.16. The largest absolute Gasteiger partial charge is 0.495 e. The predicted molar refractivity (Wildman–Crippen MR) is 57.0 cm³/mol. The summed E-state index contributed by atoms with van der Waals surface area (Å²) in [5, 5.41) is 0. The van der Waals surface area contributed by atoms with Crippen LogP contribution in [0.2, 0.25) is 0 Å². The highest BCUT2D eigenvalue weighted by molar-refractivity contribution is 14.1. The predicted octanol–water partition coefficient (Wildman–Crippen LogP) is 1.73. The van der Waals surface area contributed by atoms with Crippen molar-refractivity contribution in [3.8, 4) is 5.75 Å². The number of carbonyl (C=O) groups excluding carboxylic acids is 1. The molecule has 0 unspecified atom stereocenters. The van der Waals surface area contributed by atoms with Crippen molar-refractivity contribution < 1.29 is 18.3 Å². The first-order chi connectivity index (χ1) is 6.97. The van der Waals surface area contributed by atoms with Gasteiger partial charge in [-0.2, -0.15) is 0 Å². The maximum absolute atomic E-state index is 12.5. The number of halogens is 3. The van der Waals surface area contributed by atoms with Crippen molar-refractivity contribution >= 4 is 28.5 Å². The highest BCUT2D eigenvalue weighted by Gasteiger charge is 2.20. The number of alkyl halides is 2. The SMILES string of the molecule is COc1cc(I)c(C(N)=O)nc1C(F)F. The number of aromatic nitrogens is 1. The van der Waals surface area contributed by atoms with Crippen molar-refractivity contribution in [3.05, 3.63) is 21.0 Å². The van der Waals surface area contributed by atoms with Gasteiger partial charge in [0, 0.05) is 3.57 Å². The van der Waals surface area contributed by atoms with Crippen molar-refractivity contribution in [3.63, 3.8) is 0 Å². The number of amides is 1. The Labute approximate surface area is 98.0 Å². The zero-order valence-electron chi connectivity index (χ0n) is 7.63. The van der Waals surface area contributed by atoms with E-state index in [-0.39, 0.29) is 11.4 Å². The lowest BCUT2D eigenvalue weighted by atomic mass is 10.2. The molecule has 0 atom stereocenters. The van der Waals surface area contributed by atoms with Crippen molar-refractivity contribution in [2.75, 3.05) is 7.11 Å². The Balaban J connectivity index is 3.37. The molecule has 82 valence electrons. The van der Waals surface area contributed by atoms with Crippen LogP contribution in [0.3, 0.4) is 0 Å². The summed E-state index contributed by atoms with van der Waals surface area (Å²) in [6.07, 6.45) is -2.81. The molecule has 2 N–H and O–H groups in total. The minimum atomic E-state index is -2.81. The first kappa shape index (κ1) is 12.1. The van der Waals surface area contributed by atoms with Crippen LogP contribution in [0.15, 0.2) is 6.07 Å². The van der Waals surface area contributed by atoms with Crippen LogP contribution in [0.1, 0.15) is 22.6 Å². The van der Waals surface area contributed by atoms with E-state index in [1.807, 2.05) is 0 Å². The van der Waals surface area contributed by atoms with Gasteiger partial charge in [-0.15, -0.1) is 0 Å². The summed E-state index contributed by atoms with van der Waals surface area (Å²) in [6, 6.07) is 1.30. The third kappa shape index (κ3) is 2.52. The summed E-state index contributed by atoms with van der Waals surface area (Å²) in [5.41, 5.74) is 4.23. The number of hydrogen-bond acceptors (Lipinski definition) is 3. The minimum absolute atomic E-state index is 0.0561. The third-order valence-corrected chi connectivity index (χ3v) is 2.45. The number of rotatable bonds is 3. The summed E-state index contributed by atoms with van der Waals surface area (Å²) in [6.45, 7) is 0. The summed E-state index contributed by atoms with van der Waals surface area (Å²) < 4.78 is 30.1. The van der Waals surface area contributed by atoms with Crippen LogP contribution in [-0.2, 0) is 0 Å². The van der Waals surface area contributed by atoms with Gasteiger partial charge < -0.3 is 10.5 Å². The van der Waals surface area contributed by atoms with Crippen LogP contribution >= 0.6 is 22.6 Å². The summed E-state index contributed by atoms with van der Waals surface area (Å²) in [4.78, 5) is 14.4. The fourth-order valence-corrected chi connectivity index (χ4v) is 1.65. The Morgan fingerprint density at radius 2 is 2.27 bits per heavy atom. The molecule has 1 amide bonds. The fourth-order valence-electron chi connectivity index (χ4n) is 0.979. The van der Waals surface area contributed by atoms with Gasteiger partial charge in [-0.3, -0.25) is 4.79 Å². The number of nitrogens with zero attached hydrogens (tertiary/aromatic N) is 1. The summed E-state index contributed by atoms with van der Waals surface area (Å²) in [5.74, 6) is -0.900. The number of primary amides is 1. The number of carbonyl (C=O) groups is 1. The molecule has 4 nitrogen and oxygen atoms in total. The number of pyridine rings is 1. The molecule has 1 aromatic heterocycles. The van der Waals surface area contributed by atoms with Gasteiger partial charge in [0.25, 0.3) is 12.3 Å². The molecule has 15 heavy (non-hydrogen) atoms. The Morgan fingerprint density at radius 3 is 2.67 bits per heavy atom.